The molecule has 0 bridgehead atoms. The van der Waals surface area contributed by atoms with Gasteiger partial charge in [0, 0.05) is 55.9 Å². The van der Waals surface area contributed by atoms with Gasteiger partial charge >= 0.3 is 6.03 Å². The molecular weight excluding hydrogens is 374 g/mol. The molecule has 0 aliphatic carbocycles. The fourth-order valence-electron chi connectivity index (χ4n) is 4.67. The zero-order valence-electron chi connectivity index (χ0n) is 16.2. The van der Waals surface area contributed by atoms with Crippen molar-refractivity contribution in [1.82, 2.24) is 20.0 Å². The van der Waals surface area contributed by atoms with E-state index in [1.54, 1.807) is 16.2 Å². The number of likely N-dealkylation sites (tertiary alicyclic amines) is 1. The number of hydrogen-bond donors (Lipinski definition) is 1. The number of fused-ring (bicyclic) bond motifs is 1. The highest BCUT2D eigenvalue weighted by Gasteiger charge is 2.40. The van der Waals surface area contributed by atoms with E-state index < -0.39 is 0 Å². The zero-order valence-corrected chi connectivity index (χ0v) is 17.0. The van der Waals surface area contributed by atoms with E-state index in [-0.39, 0.29) is 11.9 Å². The highest BCUT2D eigenvalue weighted by Crippen LogP contribution is 2.31. The number of carbonyl (C=O) groups excluding carboxylic acids is 1. The van der Waals surface area contributed by atoms with Crippen molar-refractivity contribution in [3.63, 3.8) is 0 Å². The lowest BCUT2D eigenvalue weighted by atomic mass is 9.96. The Balaban J connectivity index is 1.30. The molecule has 7 nitrogen and oxygen atoms in total. The SMILES string of the molecule is CC1CN(Cc2cccs2)CC1C1=NC2=CN(C3CCOCC3)CN2C(=O)N1. The second-order valence-electron chi connectivity index (χ2n) is 8.20. The van der Waals surface area contributed by atoms with Crippen LogP contribution in [0.25, 0.3) is 0 Å². The van der Waals surface area contributed by atoms with E-state index in [1.807, 2.05) is 0 Å². The molecule has 0 saturated carbocycles. The van der Waals surface area contributed by atoms with Crippen LogP contribution in [0.15, 0.2) is 34.5 Å². The van der Waals surface area contributed by atoms with E-state index in [4.69, 9.17) is 9.73 Å². The molecule has 1 aromatic rings. The predicted octanol–water partition coefficient (Wildman–Crippen LogP) is 2.49. The van der Waals surface area contributed by atoms with Crippen molar-refractivity contribution < 1.29 is 9.53 Å². The highest BCUT2D eigenvalue weighted by atomic mass is 32.1. The Labute approximate surface area is 169 Å². The number of urea groups is 1. The number of thiophene rings is 1. The van der Waals surface area contributed by atoms with Gasteiger partial charge in [-0.3, -0.25) is 15.1 Å². The Kier molecular flexibility index (Phi) is 4.86. The second-order valence-corrected chi connectivity index (χ2v) is 9.23. The van der Waals surface area contributed by atoms with E-state index in [1.165, 1.54) is 4.88 Å². The van der Waals surface area contributed by atoms with E-state index in [0.717, 1.165) is 57.3 Å². The summed E-state index contributed by atoms with van der Waals surface area (Å²) in [6.45, 7) is 7.40. The van der Waals surface area contributed by atoms with Gasteiger partial charge in [0.2, 0.25) is 0 Å². The smallest absolute Gasteiger partial charge is 0.329 e. The molecule has 5 rings (SSSR count). The van der Waals surface area contributed by atoms with Crippen LogP contribution in [0, 0.1) is 11.8 Å². The molecule has 2 atom stereocenters. The minimum Gasteiger partial charge on any atom is -0.381 e. The number of aliphatic imine (C=N–C) groups is 1. The quantitative estimate of drug-likeness (QED) is 0.842. The molecule has 150 valence electrons. The predicted molar refractivity (Wildman–Crippen MR) is 109 cm³/mol. The molecule has 8 heteroatoms. The summed E-state index contributed by atoms with van der Waals surface area (Å²) in [6, 6.07) is 4.68. The third-order valence-electron chi connectivity index (χ3n) is 6.24. The Morgan fingerprint density at radius 2 is 2.18 bits per heavy atom. The van der Waals surface area contributed by atoms with E-state index in [0.29, 0.717) is 18.6 Å². The van der Waals surface area contributed by atoms with Crippen LogP contribution in [-0.4, -0.2) is 65.6 Å². The number of rotatable bonds is 4. The van der Waals surface area contributed by atoms with Gasteiger partial charge in [0.25, 0.3) is 0 Å². The topological polar surface area (TPSA) is 60.4 Å². The maximum absolute atomic E-state index is 12.7. The molecular formula is C20H27N5O2S. The standard InChI is InChI=1S/C20H27N5O2S/c1-14-9-23(10-16-3-2-8-28-16)11-17(14)19-21-18-12-24(13-25(18)20(26)22-19)15-4-6-27-7-5-15/h2-3,8,12,14-15,17H,4-7,9-11,13H2,1H3,(H,21,22,26). The minimum absolute atomic E-state index is 0.0466. The van der Waals surface area contributed by atoms with Crippen molar-refractivity contribution in [3.8, 4) is 0 Å². The summed E-state index contributed by atoms with van der Waals surface area (Å²) in [5, 5.41) is 5.21. The first kappa shape index (κ1) is 18.1. The van der Waals surface area contributed by atoms with Crippen molar-refractivity contribution in [1.29, 1.82) is 0 Å². The minimum atomic E-state index is -0.0466. The lowest BCUT2D eigenvalue weighted by molar-refractivity contribution is 0.0459. The molecule has 0 radical (unpaired) electrons. The molecule has 5 heterocycles. The van der Waals surface area contributed by atoms with Crippen LogP contribution >= 0.6 is 11.3 Å². The summed E-state index contributed by atoms with van der Waals surface area (Å²) in [6.07, 6.45) is 4.08. The summed E-state index contributed by atoms with van der Waals surface area (Å²) in [4.78, 5) is 25.5. The molecule has 28 heavy (non-hydrogen) atoms. The lowest BCUT2D eigenvalue weighted by Crippen LogP contribution is -2.50. The molecule has 0 spiro atoms. The molecule has 0 aromatic carbocycles. The fraction of sp³-hybridized carbons (Fsp3) is 0.600. The Morgan fingerprint density at radius 1 is 1.32 bits per heavy atom. The number of nitrogens with one attached hydrogen (secondary N) is 1. The van der Waals surface area contributed by atoms with Crippen LogP contribution < -0.4 is 5.32 Å². The van der Waals surface area contributed by atoms with Crippen LogP contribution in [0.4, 0.5) is 4.79 Å². The van der Waals surface area contributed by atoms with Gasteiger partial charge in [-0.1, -0.05) is 13.0 Å². The van der Waals surface area contributed by atoms with Crippen molar-refractivity contribution in [2.45, 2.75) is 32.4 Å². The molecule has 2 unspecified atom stereocenters. The first-order valence-electron chi connectivity index (χ1n) is 10.1. The van der Waals surface area contributed by atoms with E-state index >= 15 is 0 Å². The van der Waals surface area contributed by atoms with Gasteiger partial charge in [-0.05, 0) is 30.2 Å². The molecule has 2 saturated heterocycles. The Morgan fingerprint density at radius 3 is 2.96 bits per heavy atom. The maximum Gasteiger partial charge on any atom is 0.329 e. The fourth-order valence-corrected chi connectivity index (χ4v) is 5.42. The zero-order chi connectivity index (χ0) is 19.1. The van der Waals surface area contributed by atoms with Crippen molar-refractivity contribution in [2.75, 3.05) is 33.0 Å². The first-order chi connectivity index (χ1) is 13.7. The van der Waals surface area contributed by atoms with Gasteiger partial charge in [-0.2, -0.15) is 0 Å². The van der Waals surface area contributed by atoms with Crippen LogP contribution in [-0.2, 0) is 11.3 Å². The lowest BCUT2D eigenvalue weighted by Gasteiger charge is -2.32. The van der Waals surface area contributed by atoms with Crippen molar-refractivity contribution in [3.05, 3.63) is 34.4 Å². The summed E-state index contributed by atoms with van der Waals surface area (Å²) >= 11 is 1.80. The molecule has 2 amide bonds. The van der Waals surface area contributed by atoms with Gasteiger partial charge < -0.3 is 9.64 Å². The van der Waals surface area contributed by atoms with Crippen LogP contribution in [0.1, 0.15) is 24.6 Å². The van der Waals surface area contributed by atoms with Crippen molar-refractivity contribution in [2.24, 2.45) is 16.8 Å². The summed E-state index contributed by atoms with van der Waals surface area (Å²) < 4.78 is 5.47. The normalized spacial score (nSPS) is 29.0. The number of amides is 2. The first-order valence-corrected chi connectivity index (χ1v) is 11.0. The van der Waals surface area contributed by atoms with E-state index in [9.17, 15) is 4.79 Å². The Hall–Kier alpha value is -1.90. The third-order valence-corrected chi connectivity index (χ3v) is 7.10. The van der Waals surface area contributed by atoms with Crippen LogP contribution in [0.3, 0.4) is 0 Å². The van der Waals surface area contributed by atoms with Gasteiger partial charge in [0.05, 0.1) is 0 Å². The van der Waals surface area contributed by atoms with Crippen molar-refractivity contribution >= 4 is 23.2 Å². The van der Waals surface area contributed by atoms with Gasteiger partial charge in [0.15, 0.2) is 5.82 Å². The van der Waals surface area contributed by atoms with Crippen LogP contribution in [0.5, 0.6) is 0 Å². The molecule has 1 aromatic heterocycles. The number of ether oxygens (including phenoxy) is 1. The van der Waals surface area contributed by atoms with E-state index in [2.05, 4.69) is 45.8 Å². The summed E-state index contributed by atoms with van der Waals surface area (Å²) in [7, 11) is 0. The van der Waals surface area contributed by atoms with Gasteiger partial charge in [-0.15, -0.1) is 11.3 Å². The average molecular weight is 402 g/mol. The van der Waals surface area contributed by atoms with Crippen LogP contribution in [0.2, 0.25) is 0 Å². The second kappa shape index (κ2) is 7.50. The molecule has 4 aliphatic rings. The van der Waals surface area contributed by atoms with Gasteiger partial charge in [0.1, 0.15) is 12.5 Å². The highest BCUT2D eigenvalue weighted by molar-refractivity contribution is 7.09. The number of amidine groups is 1. The maximum atomic E-state index is 12.7. The number of carbonyl (C=O) groups is 1. The largest absolute Gasteiger partial charge is 0.381 e. The third kappa shape index (κ3) is 3.44. The summed E-state index contributed by atoms with van der Waals surface area (Å²) in [5.41, 5.74) is 0. The molecule has 4 aliphatic heterocycles. The molecule has 2 fully saturated rings. The molecule has 1 N–H and O–H groups in total. The Bertz CT molecular complexity index is 787. The average Bonchev–Trinajstić information content (AvgIpc) is 3.43. The number of hydrogen-bond acceptors (Lipinski definition) is 6. The van der Waals surface area contributed by atoms with Gasteiger partial charge in [-0.25, -0.2) is 9.79 Å². The monoisotopic (exact) mass is 401 g/mol. The number of nitrogens with zero attached hydrogens (tertiary/aromatic N) is 4. The summed E-state index contributed by atoms with van der Waals surface area (Å²) in [5.74, 6) is 2.36.